The Bertz CT molecular complexity index is 389. The lowest BCUT2D eigenvalue weighted by molar-refractivity contribution is -0.132. The molecule has 0 radical (unpaired) electrons. The van der Waals surface area contributed by atoms with Gasteiger partial charge in [0.25, 0.3) is 0 Å². The van der Waals surface area contributed by atoms with Gasteiger partial charge in [-0.1, -0.05) is 13.3 Å². The summed E-state index contributed by atoms with van der Waals surface area (Å²) in [5.74, 6) is 1.01. The fraction of sp³-hybridized carbons (Fsp3) is 0.667. The molecule has 4 heteroatoms. The van der Waals surface area contributed by atoms with E-state index in [1.54, 1.807) is 11.2 Å². The van der Waals surface area contributed by atoms with Gasteiger partial charge in [-0.3, -0.25) is 9.69 Å². The van der Waals surface area contributed by atoms with E-state index in [0.29, 0.717) is 19.1 Å². The number of carbonyl (C=O) groups is 1. The van der Waals surface area contributed by atoms with E-state index in [-0.39, 0.29) is 5.91 Å². The Kier molecular flexibility index (Phi) is 5.02. The molecule has 0 saturated carbocycles. The first-order valence-electron chi connectivity index (χ1n) is 7.21. The van der Waals surface area contributed by atoms with Crippen LogP contribution in [0.3, 0.4) is 0 Å². The van der Waals surface area contributed by atoms with Gasteiger partial charge in [-0.25, -0.2) is 0 Å². The van der Waals surface area contributed by atoms with Gasteiger partial charge in [-0.05, 0) is 37.9 Å². The molecule has 1 aliphatic heterocycles. The molecule has 0 bridgehead atoms. The van der Waals surface area contributed by atoms with Gasteiger partial charge in [-0.2, -0.15) is 0 Å². The minimum absolute atomic E-state index is 0.178. The third-order valence-electron chi connectivity index (χ3n) is 3.96. The molecule has 4 nitrogen and oxygen atoms in total. The van der Waals surface area contributed by atoms with Crippen molar-refractivity contribution >= 4 is 5.91 Å². The molecule has 1 saturated heterocycles. The van der Waals surface area contributed by atoms with Gasteiger partial charge in [0.15, 0.2) is 0 Å². The maximum Gasteiger partial charge on any atom is 0.236 e. The molecular formula is C15H24N2O2. The molecule has 2 heterocycles. The molecule has 0 aromatic carbocycles. The van der Waals surface area contributed by atoms with Crippen LogP contribution in [0.25, 0.3) is 0 Å². The summed E-state index contributed by atoms with van der Waals surface area (Å²) in [6.45, 7) is 4.35. The van der Waals surface area contributed by atoms with Gasteiger partial charge < -0.3 is 9.32 Å². The van der Waals surface area contributed by atoms with Crippen molar-refractivity contribution < 1.29 is 9.21 Å². The van der Waals surface area contributed by atoms with Crippen molar-refractivity contribution in [1.29, 1.82) is 0 Å². The Morgan fingerprint density at radius 1 is 1.53 bits per heavy atom. The van der Waals surface area contributed by atoms with Crippen LogP contribution >= 0.6 is 0 Å². The predicted octanol–water partition coefficient (Wildman–Crippen LogP) is 2.50. The summed E-state index contributed by atoms with van der Waals surface area (Å²) in [5.41, 5.74) is 0. The van der Waals surface area contributed by atoms with E-state index < -0.39 is 0 Å². The zero-order chi connectivity index (χ0) is 13.7. The highest BCUT2D eigenvalue weighted by atomic mass is 16.3. The molecule has 1 aliphatic rings. The topological polar surface area (TPSA) is 36.7 Å². The number of hydrogen-bond donors (Lipinski definition) is 0. The van der Waals surface area contributed by atoms with Crippen molar-refractivity contribution in [1.82, 2.24) is 9.80 Å². The van der Waals surface area contributed by atoms with Gasteiger partial charge >= 0.3 is 0 Å². The zero-order valence-corrected chi connectivity index (χ0v) is 12.0. The van der Waals surface area contributed by atoms with Crippen LogP contribution < -0.4 is 0 Å². The first-order valence-corrected chi connectivity index (χ1v) is 7.21. The van der Waals surface area contributed by atoms with Gasteiger partial charge in [-0.15, -0.1) is 0 Å². The van der Waals surface area contributed by atoms with E-state index in [1.807, 2.05) is 19.2 Å². The summed E-state index contributed by atoms with van der Waals surface area (Å²) < 4.78 is 5.28. The van der Waals surface area contributed by atoms with Crippen molar-refractivity contribution in [2.24, 2.45) is 0 Å². The normalized spacial score (nSPS) is 20.4. The highest BCUT2D eigenvalue weighted by molar-refractivity contribution is 5.78. The average Bonchev–Trinajstić information content (AvgIpc) is 2.92. The van der Waals surface area contributed by atoms with E-state index in [1.165, 1.54) is 19.3 Å². The summed E-state index contributed by atoms with van der Waals surface area (Å²) in [5, 5.41) is 0. The lowest BCUT2D eigenvalue weighted by Gasteiger charge is -2.35. The Hall–Kier alpha value is -1.29. The number of furan rings is 1. The smallest absolute Gasteiger partial charge is 0.236 e. The maximum absolute atomic E-state index is 12.2. The Balaban J connectivity index is 1.85. The lowest BCUT2D eigenvalue weighted by Crippen LogP contribution is -2.45. The molecule has 1 atom stereocenters. The Morgan fingerprint density at radius 2 is 2.37 bits per heavy atom. The van der Waals surface area contributed by atoms with Crippen LogP contribution in [0.2, 0.25) is 0 Å². The van der Waals surface area contributed by atoms with Crippen LogP contribution in [0, 0.1) is 0 Å². The van der Waals surface area contributed by atoms with Gasteiger partial charge in [0, 0.05) is 13.1 Å². The number of nitrogens with zero attached hydrogens (tertiary/aromatic N) is 2. The molecule has 2 rings (SSSR count). The third kappa shape index (κ3) is 3.83. The maximum atomic E-state index is 12.2. The predicted molar refractivity (Wildman–Crippen MR) is 74.7 cm³/mol. The quantitative estimate of drug-likeness (QED) is 0.820. The van der Waals surface area contributed by atoms with Crippen LogP contribution in [-0.2, 0) is 11.3 Å². The van der Waals surface area contributed by atoms with Gasteiger partial charge in [0.05, 0.1) is 19.4 Å². The second-order valence-corrected chi connectivity index (χ2v) is 5.36. The molecule has 106 valence electrons. The number of likely N-dealkylation sites (tertiary alicyclic amines) is 1. The van der Waals surface area contributed by atoms with Crippen molar-refractivity contribution in [2.75, 3.05) is 20.1 Å². The highest BCUT2D eigenvalue weighted by Crippen LogP contribution is 2.19. The number of likely N-dealkylation sites (N-methyl/N-ethyl adjacent to an activating group) is 1. The van der Waals surface area contributed by atoms with Crippen molar-refractivity contribution in [3.05, 3.63) is 24.2 Å². The van der Waals surface area contributed by atoms with Crippen LogP contribution in [-0.4, -0.2) is 41.9 Å². The molecule has 0 spiro atoms. The summed E-state index contributed by atoms with van der Waals surface area (Å²) in [6.07, 6.45) is 6.52. The van der Waals surface area contributed by atoms with Crippen LogP contribution in [0.4, 0.5) is 0 Å². The summed E-state index contributed by atoms with van der Waals surface area (Å²) >= 11 is 0. The largest absolute Gasteiger partial charge is 0.467 e. The molecule has 0 N–H and O–H groups in total. The highest BCUT2D eigenvalue weighted by Gasteiger charge is 2.24. The first-order chi connectivity index (χ1) is 9.20. The zero-order valence-electron chi connectivity index (χ0n) is 12.0. The Labute approximate surface area is 115 Å². The number of rotatable bonds is 5. The molecule has 1 aromatic rings. The standard InChI is InChI=1S/C15H24N2O2/c1-3-13-7-4-5-9-17(13)12-15(18)16(2)11-14-8-6-10-19-14/h6,8,10,13H,3-5,7,9,11-12H2,1-2H3. The summed E-state index contributed by atoms with van der Waals surface area (Å²) in [6, 6.07) is 4.33. The lowest BCUT2D eigenvalue weighted by atomic mass is 10.00. The second-order valence-electron chi connectivity index (χ2n) is 5.36. The van der Waals surface area contributed by atoms with E-state index in [0.717, 1.165) is 18.7 Å². The number of piperidine rings is 1. The van der Waals surface area contributed by atoms with E-state index in [4.69, 9.17) is 4.42 Å². The monoisotopic (exact) mass is 264 g/mol. The van der Waals surface area contributed by atoms with E-state index in [2.05, 4.69) is 11.8 Å². The van der Waals surface area contributed by atoms with Crippen LogP contribution in [0.1, 0.15) is 38.4 Å². The molecular weight excluding hydrogens is 240 g/mol. The minimum Gasteiger partial charge on any atom is -0.467 e. The number of amides is 1. The van der Waals surface area contributed by atoms with Crippen LogP contribution in [0.5, 0.6) is 0 Å². The molecule has 1 unspecified atom stereocenters. The fourth-order valence-electron chi connectivity index (χ4n) is 2.75. The molecule has 1 amide bonds. The molecule has 1 fully saturated rings. The summed E-state index contributed by atoms with van der Waals surface area (Å²) in [4.78, 5) is 16.3. The SMILES string of the molecule is CCC1CCCCN1CC(=O)N(C)Cc1ccco1. The molecule has 1 aromatic heterocycles. The van der Waals surface area contributed by atoms with Gasteiger partial charge in [0.1, 0.15) is 5.76 Å². The molecule has 19 heavy (non-hydrogen) atoms. The Morgan fingerprint density at radius 3 is 3.05 bits per heavy atom. The minimum atomic E-state index is 0.178. The number of carbonyl (C=O) groups excluding carboxylic acids is 1. The van der Waals surface area contributed by atoms with E-state index >= 15 is 0 Å². The van der Waals surface area contributed by atoms with Crippen molar-refractivity contribution in [3.63, 3.8) is 0 Å². The average molecular weight is 264 g/mol. The summed E-state index contributed by atoms with van der Waals surface area (Å²) in [7, 11) is 1.84. The number of hydrogen-bond acceptors (Lipinski definition) is 3. The second kappa shape index (κ2) is 6.75. The fourth-order valence-corrected chi connectivity index (χ4v) is 2.75. The molecule has 0 aliphatic carbocycles. The van der Waals surface area contributed by atoms with Crippen molar-refractivity contribution in [2.45, 2.75) is 45.2 Å². The van der Waals surface area contributed by atoms with E-state index in [9.17, 15) is 4.79 Å². The first kappa shape index (κ1) is 14.1. The van der Waals surface area contributed by atoms with Crippen LogP contribution in [0.15, 0.2) is 22.8 Å². The third-order valence-corrected chi connectivity index (χ3v) is 3.96. The van der Waals surface area contributed by atoms with Gasteiger partial charge in [0.2, 0.25) is 5.91 Å². The van der Waals surface area contributed by atoms with Crippen molar-refractivity contribution in [3.8, 4) is 0 Å².